The molecule has 7 heteroatoms. The Labute approximate surface area is 119 Å². The number of aliphatic imine (C=N–C) groups is 1. The quantitative estimate of drug-likeness (QED) is 0.647. The highest BCUT2D eigenvalue weighted by Crippen LogP contribution is 2.29. The average molecular weight is 288 g/mol. The van der Waals surface area contributed by atoms with Crippen molar-refractivity contribution in [2.24, 2.45) is 4.99 Å². The first kappa shape index (κ1) is 17.0. The topological polar surface area (TPSA) is 89.4 Å². The lowest BCUT2D eigenvalue weighted by atomic mass is 10.1. The molecule has 1 heterocycles. The van der Waals surface area contributed by atoms with Crippen LogP contribution in [0.4, 0.5) is 0 Å². The number of aliphatic hydroxyl groups is 1. The molecule has 2 N–H and O–H groups in total. The molecule has 1 aliphatic heterocycles. The minimum Gasteiger partial charge on any atom is -0.396 e. The standard InChI is InChI=1S/C13H24N2O5/c1-9-12(20-13(2,18-4)19-9)10(14-3)8-15-11(17)6-5-7-16/h9,12,16H,5-8H2,1-4H3,(H,15,17). The summed E-state index contributed by atoms with van der Waals surface area (Å²) in [5.74, 6) is -1.21. The number of aliphatic hydroxyl groups excluding tert-OH is 1. The van der Waals surface area contributed by atoms with E-state index in [0.29, 0.717) is 25.1 Å². The first-order valence-electron chi connectivity index (χ1n) is 6.69. The highest BCUT2D eigenvalue weighted by Gasteiger charge is 2.44. The van der Waals surface area contributed by atoms with Gasteiger partial charge in [0.2, 0.25) is 5.91 Å². The number of rotatable bonds is 7. The molecule has 1 amide bonds. The van der Waals surface area contributed by atoms with Crippen molar-refractivity contribution in [3.63, 3.8) is 0 Å². The van der Waals surface area contributed by atoms with Gasteiger partial charge in [-0.05, 0) is 13.3 Å². The van der Waals surface area contributed by atoms with Crippen LogP contribution in [-0.2, 0) is 19.0 Å². The number of methoxy groups -OCH3 is 1. The second kappa shape index (κ2) is 7.68. The van der Waals surface area contributed by atoms with Crippen LogP contribution in [0.25, 0.3) is 0 Å². The molecule has 0 aromatic rings. The van der Waals surface area contributed by atoms with Crippen molar-refractivity contribution in [3.05, 3.63) is 0 Å². The molecule has 3 atom stereocenters. The molecule has 1 rings (SSSR count). The van der Waals surface area contributed by atoms with Crippen molar-refractivity contribution in [2.75, 3.05) is 27.3 Å². The molecule has 1 aliphatic rings. The van der Waals surface area contributed by atoms with E-state index in [-0.39, 0.29) is 24.7 Å². The largest absolute Gasteiger partial charge is 0.396 e. The number of nitrogens with zero attached hydrogens (tertiary/aromatic N) is 1. The molecular formula is C13H24N2O5. The third kappa shape index (κ3) is 4.52. The Kier molecular flexibility index (Phi) is 6.54. The summed E-state index contributed by atoms with van der Waals surface area (Å²) in [5.41, 5.74) is 0.690. The molecule has 7 nitrogen and oxygen atoms in total. The van der Waals surface area contributed by atoms with Gasteiger partial charge < -0.3 is 24.6 Å². The lowest BCUT2D eigenvalue weighted by Crippen LogP contribution is -2.39. The molecule has 20 heavy (non-hydrogen) atoms. The molecule has 0 spiro atoms. The van der Waals surface area contributed by atoms with E-state index in [9.17, 15) is 4.79 Å². The molecule has 0 aromatic heterocycles. The van der Waals surface area contributed by atoms with Crippen molar-refractivity contribution in [2.45, 2.75) is 44.9 Å². The average Bonchev–Trinajstić information content (AvgIpc) is 2.73. The third-order valence-corrected chi connectivity index (χ3v) is 3.18. The maximum absolute atomic E-state index is 11.5. The Morgan fingerprint density at radius 3 is 2.70 bits per heavy atom. The Bertz CT molecular complexity index is 361. The van der Waals surface area contributed by atoms with Gasteiger partial charge in [0, 0.05) is 34.1 Å². The number of hydrogen-bond acceptors (Lipinski definition) is 6. The highest BCUT2D eigenvalue weighted by atomic mass is 16.9. The van der Waals surface area contributed by atoms with Crippen LogP contribution in [0.15, 0.2) is 4.99 Å². The molecule has 0 radical (unpaired) electrons. The SMILES string of the molecule is CN=C(CNC(=O)CCCO)C1OC(C)(OC)OC1C. The zero-order valence-corrected chi connectivity index (χ0v) is 12.5. The molecule has 0 aromatic carbocycles. The van der Waals surface area contributed by atoms with Crippen LogP contribution >= 0.6 is 0 Å². The van der Waals surface area contributed by atoms with Gasteiger partial charge in [-0.25, -0.2) is 0 Å². The maximum atomic E-state index is 11.5. The van der Waals surface area contributed by atoms with Gasteiger partial charge in [-0.3, -0.25) is 9.79 Å². The van der Waals surface area contributed by atoms with Gasteiger partial charge in [-0.2, -0.15) is 0 Å². The van der Waals surface area contributed by atoms with E-state index < -0.39 is 5.97 Å². The van der Waals surface area contributed by atoms with Crippen molar-refractivity contribution in [1.29, 1.82) is 0 Å². The second-order valence-electron chi connectivity index (χ2n) is 4.75. The van der Waals surface area contributed by atoms with Gasteiger partial charge >= 0.3 is 0 Å². The summed E-state index contributed by atoms with van der Waals surface area (Å²) in [6.07, 6.45) is 0.169. The number of carbonyl (C=O) groups is 1. The molecule has 1 saturated heterocycles. The molecular weight excluding hydrogens is 264 g/mol. The van der Waals surface area contributed by atoms with Gasteiger partial charge in [-0.15, -0.1) is 0 Å². The van der Waals surface area contributed by atoms with Crippen LogP contribution in [0.3, 0.4) is 0 Å². The van der Waals surface area contributed by atoms with Crippen molar-refractivity contribution in [3.8, 4) is 0 Å². The predicted molar refractivity (Wildman–Crippen MR) is 73.5 cm³/mol. The van der Waals surface area contributed by atoms with E-state index >= 15 is 0 Å². The number of ether oxygens (including phenoxy) is 3. The van der Waals surface area contributed by atoms with E-state index in [1.165, 1.54) is 7.11 Å². The molecule has 0 saturated carbocycles. The summed E-state index contributed by atoms with van der Waals surface area (Å²) in [6, 6.07) is 0. The Morgan fingerprint density at radius 2 is 2.20 bits per heavy atom. The summed E-state index contributed by atoms with van der Waals surface area (Å²) >= 11 is 0. The van der Waals surface area contributed by atoms with Gasteiger partial charge in [0.1, 0.15) is 6.10 Å². The minimum atomic E-state index is -1.08. The number of amides is 1. The second-order valence-corrected chi connectivity index (χ2v) is 4.75. The number of hydrogen-bond donors (Lipinski definition) is 2. The molecule has 0 aliphatic carbocycles. The van der Waals surface area contributed by atoms with E-state index in [2.05, 4.69) is 10.3 Å². The highest BCUT2D eigenvalue weighted by molar-refractivity contribution is 5.93. The third-order valence-electron chi connectivity index (χ3n) is 3.18. The fourth-order valence-electron chi connectivity index (χ4n) is 2.01. The van der Waals surface area contributed by atoms with E-state index in [1.54, 1.807) is 14.0 Å². The van der Waals surface area contributed by atoms with Gasteiger partial charge in [0.15, 0.2) is 0 Å². The summed E-state index contributed by atoms with van der Waals surface area (Å²) < 4.78 is 16.5. The zero-order valence-electron chi connectivity index (χ0n) is 12.5. The van der Waals surface area contributed by atoms with Crippen LogP contribution in [0.1, 0.15) is 26.7 Å². The first-order chi connectivity index (χ1) is 9.45. The maximum Gasteiger partial charge on any atom is 0.280 e. The van der Waals surface area contributed by atoms with E-state index in [0.717, 1.165) is 0 Å². The normalized spacial score (nSPS) is 30.6. The Balaban J connectivity index is 2.53. The van der Waals surface area contributed by atoms with Crippen molar-refractivity contribution in [1.82, 2.24) is 5.32 Å². The summed E-state index contributed by atoms with van der Waals surface area (Å²) in [4.78, 5) is 15.7. The molecule has 3 unspecified atom stereocenters. The van der Waals surface area contributed by atoms with Crippen LogP contribution in [0.2, 0.25) is 0 Å². The molecule has 1 fully saturated rings. The van der Waals surface area contributed by atoms with Crippen LogP contribution in [0.5, 0.6) is 0 Å². The Hall–Kier alpha value is -1.02. The molecule has 116 valence electrons. The lowest BCUT2D eigenvalue weighted by molar-refractivity contribution is -0.314. The first-order valence-corrected chi connectivity index (χ1v) is 6.69. The fraction of sp³-hybridized carbons (Fsp3) is 0.846. The number of carbonyl (C=O) groups excluding carboxylic acids is 1. The van der Waals surface area contributed by atoms with Crippen LogP contribution in [-0.4, -0.2) is 62.2 Å². The minimum absolute atomic E-state index is 0.00491. The number of nitrogens with one attached hydrogen (secondary N) is 1. The van der Waals surface area contributed by atoms with Gasteiger partial charge in [0.25, 0.3) is 5.97 Å². The summed E-state index contributed by atoms with van der Waals surface area (Å²) in [6.45, 7) is 3.86. The lowest BCUT2D eigenvalue weighted by Gasteiger charge is -2.21. The van der Waals surface area contributed by atoms with Gasteiger partial charge in [-0.1, -0.05) is 0 Å². The van der Waals surface area contributed by atoms with E-state index in [4.69, 9.17) is 19.3 Å². The Morgan fingerprint density at radius 1 is 1.50 bits per heavy atom. The van der Waals surface area contributed by atoms with Gasteiger partial charge in [0.05, 0.1) is 18.4 Å². The fourth-order valence-corrected chi connectivity index (χ4v) is 2.01. The zero-order chi connectivity index (χ0) is 15.2. The van der Waals surface area contributed by atoms with E-state index in [1.807, 2.05) is 6.92 Å². The van der Waals surface area contributed by atoms with Crippen molar-refractivity contribution < 1.29 is 24.1 Å². The van der Waals surface area contributed by atoms with Crippen LogP contribution in [0, 0.1) is 0 Å². The summed E-state index contributed by atoms with van der Waals surface area (Å²) in [5, 5.41) is 11.4. The van der Waals surface area contributed by atoms with Crippen molar-refractivity contribution >= 4 is 11.6 Å². The summed E-state index contributed by atoms with van der Waals surface area (Å²) in [7, 11) is 3.16. The van der Waals surface area contributed by atoms with Crippen LogP contribution < -0.4 is 5.32 Å². The molecule has 0 bridgehead atoms. The smallest absolute Gasteiger partial charge is 0.280 e. The monoisotopic (exact) mass is 288 g/mol. The predicted octanol–water partition coefficient (Wildman–Crippen LogP) is 0.0699.